The van der Waals surface area contributed by atoms with Crippen LogP contribution in [0.25, 0.3) is 0 Å². The summed E-state index contributed by atoms with van der Waals surface area (Å²) in [5, 5.41) is 13.0. The number of carbonyl (C=O) groups excluding carboxylic acids is 1. The van der Waals surface area contributed by atoms with Gasteiger partial charge in [0.1, 0.15) is 11.5 Å². The molecular weight excluding hydrogens is 358 g/mol. The number of hydrogen-bond donors (Lipinski definition) is 2. The summed E-state index contributed by atoms with van der Waals surface area (Å²) in [7, 11) is 1.49. The van der Waals surface area contributed by atoms with Gasteiger partial charge in [-0.25, -0.2) is 0 Å². The number of halogens is 2. The standard InChI is InChI=1S/C15H13BrClNO3/c1-8-5-11(16)13(7-12(8)17)18-15(20)10-6-9(21-2)3-4-14(10)19/h3-7,19H,1-2H3,(H,18,20). The van der Waals surface area contributed by atoms with Gasteiger partial charge in [0.05, 0.1) is 18.4 Å². The summed E-state index contributed by atoms with van der Waals surface area (Å²) in [6.07, 6.45) is 0. The third-order valence-corrected chi connectivity index (χ3v) is 4.01. The average Bonchev–Trinajstić information content (AvgIpc) is 2.45. The topological polar surface area (TPSA) is 58.6 Å². The van der Waals surface area contributed by atoms with Crippen molar-refractivity contribution >= 4 is 39.1 Å². The van der Waals surface area contributed by atoms with E-state index in [0.717, 1.165) is 5.56 Å². The molecule has 0 atom stereocenters. The molecule has 2 rings (SSSR count). The Bertz CT molecular complexity index is 704. The molecule has 6 heteroatoms. The smallest absolute Gasteiger partial charge is 0.259 e. The molecule has 0 unspecified atom stereocenters. The first kappa shape index (κ1) is 15.7. The molecule has 110 valence electrons. The lowest BCUT2D eigenvalue weighted by atomic mass is 10.1. The van der Waals surface area contributed by atoms with Crippen molar-refractivity contribution in [3.05, 3.63) is 51.0 Å². The Morgan fingerprint density at radius 1 is 1.33 bits per heavy atom. The molecule has 0 spiro atoms. The van der Waals surface area contributed by atoms with Crippen LogP contribution in [0.15, 0.2) is 34.8 Å². The van der Waals surface area contributed by atoms with Crippen molar-refractivity contribution in [2.75, 3.05) is 12.4 Å². The molecule has 0 aliphatic heterocycles. The number of benzene rings is 2. The molecule has 0 saturated heterocycles. The summed E-state index contributed by atoms with van der Waals surface area (Å²) < 4.78 is 5.76. The van der Waals surface area contributed by atoms with Crippen LogP contribution in [-0.2, 0) is 0 Å². The number of anilines is 1. The second kappa shape index (κ2) is 6.37. The van der Waals surface area contributed by atoms with E-state index in [-0.39, 0.29) is 11.3 Å². The van der Waals surface area contributed by atoms with Gasteiger partial charge in [0, 0.05) is 9.50 Å². The number of rotatable bonds is 3. The van der Waals surface area contributed by atoms with Crippen LogP contribution < -0.4 is 10.1 Å². The number of ether oxygens (including phenoxy) is 1. The van der Waals surface area contributed by atoms with E-state index in [0.29, 0.717) is 20.9 Å². The fraction of sp³-hybridized carbons (Fsp3) is 0.133. The lowest BCUT2D eigenvalue weighted by Gasteiger charge is -2.11. The summed E-state index contributed by atoms with van der Waals surface area (Å²) in [5.41, 5.74) is 1.54. The van der Waals surface area contributed by atoms with Gasteiger partial charge in [0.15, 0.2) is 0 Å². The maximum atomic E-state index is 12.3. The predicted molar refractivity (Wildman–Crippen MR) is 86.5 cm³/mol. The van der Waals surface area contributed by atoms with Gasteiger partial charge in [-0.3, -0.25) is 4.79 Å². The number of phenols is 1. The van der Waals surface area contributed by atoms with Crippen molar-refractivity contribution in [3.8, 4) is 11.5 Å². The minimum atomic E-state index is -0.452. The van der Waals surface area contributed by atoms with E-state index in [1.807, 2.05) is 13.0 Å². The van der Waals surface area contributed by atoms with Crippen molar-refractivity contribution < 1.29 is 14.6 Å². The molecule has 0 fully saturated rings. The lowest BCUT2D eigenvalue weighted by Crippen LogP contribution is -2.12. The molecule has 0 aromatic heterocycles. The van der Waals surface area contributed by atoms with Crippen molar-refractivity contribution in [2.45, 2.75) is 6.92 Å². The van der Waals surface area contributed by atoms with Crippen molar-refractivity contribution in [2.24, 2.45) is 0 Å². The molecule has 0 aliphatic rings. The molecule has 0 bridgehead atoms. The highest BCUT2D eigenvalue weighted by Crippen LogP contribution is 2.30. The number of hydrogen-bond acceptors (Lipinski definition) is 3. The summed E-state index contributed by atoms with van der Waals surface area (Å²) in [5.74, 6) is -0.0893. The molecule has 2 aromatic rings. The van der Waals surface area contributed by atoms with Crippen LogP contribution >= 0.6 is 27.5 Å². The first-order valence-corrected chi connectivity index (χ1v) is 7.23. The Morgan fingerprint density at radius 3 is 2.71 bits per heavy atom. The fourth-order valence-electron chi connectivity index (χ4n) is 1.76. The highest BCUT2D eigenvalue weighted by Gasteiger charge is 2.14. The first-order valence-electron chi connectivity index (χ1n) is 6.06. The zero-order valence-electron chi connectivity index (χ0n) is 11.4. The maximum Gasteiger partial charge on any atom is 0.259 e. The van der Waals surface area contributed by atoms with E-state index in [1.54, 1.807) is 12.1 Å². The first-order chi connectivity index (χ1) is 9.92. The lowest BCUT2D eigenvalue weighted by molar-refractivity contribution is 0.102. The molecule has 21 heavy (non-hydrogen) atoms. The number of amides is 1. The van der Waals surface area contributed by atoms with E-state index in [2.05, 4.69) is 21.2 Å². The molecule has 4 nitrogen and oxygen atoms in total. The van der Waals surface area contributed by atoms with Crippen LogP contribution in [0.3, 0.4) is 0 Å². The van der Waals surface area contributed by atoms with Gasteiger partial charge in [-0.1, -0.05) is 11.6 Å². The zero-order valence-corrected chi connectivity index (χ0v) is 13.7. The molecular formula is C15H13BrClNO3. The van der Waals surface area contributed by atoms with E-state index in [1.165, 1.54) is 19.2 Å². The van der Waals surface area contributed by atoms with Crippen molar-refractivity contribution in [3.63, 3.8) is 0 Å². The van der Waals surface area contributed by atoms with Gasteiger partial charge in [-0.05, 0) is 58.7 Å². The van der Waals surface area contributed by atoms with Crippen LogP contribution in [-0.4, -0.2) is 18.1 Å². The Hall–Kier alpha value is -1.72. The second-order valence-electron chi connectivity index (χ2n) is 4.42. The summed E-state index contributed by atoms with van der Waals surface area (Å²) in [6, 6.07) is 7.91. The second-order valence-corrected chi connectivity index (χ2v) is 5.68. The quantitative estimate of drug-likeness (QED) is 0.843. The van der Waals surface area contributed by atoms with Crippen LogP contribution in [0.2, 0.25) is 5.02 Å². The highest BCUT2D eigenvalue weighted by molar-refractivity contribution is 9.10. The van der Waals surface area contributed by atoms with E-state index >= 15 is 0 Å². The molecule has 0 saturated carbocycles. The third kappa shape index (κ3) is 3.49. The number of nitrogens with one attached hydrogen (secondary N) is 1. The summed E-state index contributed by atoms with van der Waals surface area (Å²) in [6.45, 7) is 1.87. The normalized spacial score (nSPS) is 10.3. The predicted octanol–water partition coefficient (Wildman–Crippen LogP) is 4.38. The van der Waals surface area contributed by atoms with Gasteiger partial charge in [-0.15, -0.1) is 0 Å². The summed E-state index contributed by atoms with van der Waals surface area (Å²) in [4.78, 5) is 12.3. The Morgan fingerprint density at radius 2 is 2.05 bits per heavy atom. The molecule has 1 amide bonds. The number of carbonyl (C=O) groups is 1. The number of methoxy groups -OCH3 is 1. The van der Waals surface area contributed by atoms with Crippen LogP contribution in [0, 0.1) is 6.92 Å². The minimum Gasteiger partial charge on any atom is -0.507 e. The number of phenolic OH excluding ortho intramolecular Hbond substituents is 1. The third-order valence-electron chi connectivity index (χ3n) is 2.94. The van der Waals surface area contributed by atoms with E-state index in [4.69, 9.17) is 16.3 Å². The number of aryl methyl sites for hydroxylation is 1. The minimum absolute atomic E-state index is 0.123. The van der Waals surface area contributed by atoms with Gasteiger partial charge in [0.25, 0.3) is 5.91 Å². The molecule has 0 radical (unpaired) electrons. The van der Waals surface area contributed by atoms with E-state index < -0.39 is 5.91 Å². The molecule has 2 N–H and O–H groups in total. The highest BCUT2D eigenvalue weighted by atomic mass is 79.9. The van der Waals surface area contributed by atoms with Crippen LogP contribution in [0.4, 0.5) is 5.69 Å². The van der Waals surface area contributed by atoms with Gasteiger partial charge >= 0.3 is 0 Å². The molecule has 0 aliphatic carbocycles. The average molecular weight is 371 g/mol. The van der Waals surface area contributed by atoms with Gasteiger partial charge in [0.2, 0.25) is 0 Å². The van der Waals surface area contributed by atoms with Crippen LogP contribution in [0.1, 0.15) is 15.9 Å². The maximum absolute atomic E-state index is 12.3. The Labute approximate surface area is 135 Å². The Kier molecular flexibility index (Phi) is 4.75. The Balaban J connectivity index is 2.32. The summed E-state index contributed by atoms with van der Waals surface area (Å²) >= 11 is 9.42. The van der Waals surface area contributed by atoms with Gasteiger partial charge in [-0.2, -0.15) is 0 Å². The zero-order chi connectivity index (χ0) is 15.6. The van der Waals surface area contributed by atoms with Crippen molar-refractivity contribution in [1.29, 1.82) is 0 Å². The molecule has 2 aromatic carbocycles. The SMILES string of the molecule is COc1ccc(O)c(C(=O)Nc2cc(Cl)c(C)cc2Br)c1. The van der Waals surface area contributed by atoms with Crippen molar-refractivity contribution in [1.82, 2.24) is 0 Å². The van der Waals surface area contributed by atoms with Gasteiger partial charge < -0.3 is 15.2 Å². The largest absolute Gasteiger partial charge is 0.507 e. The fourth-order valence-corrected chi connectivity index (χ4v) is 2.48. The monoisotopic (exact) mass is 369 g/mol. The van der Waals surface area contributed by atoms with E-state index in [9.17, 15) is 9.90 Å². The number of aromatic hydroxyl groups is 1. The van der Waals surface area contributed by atoms with Crippen LogP contribution in [0.5, 0.6) is 11.5 Å². The molecule has 0 heterocycles.